The molecule has 0 aliphatic heterocycles. The van der Waals surface area contributed by atoms with Crippen LogP contribution in [0.3, 0.4) is 0 Å². The van der Waals surface area contributed by atoms with Crippen LogP contribution < -0.4 is 15.8 Å². The van der Waals surface area contributed by atoms with Crippen LogP contribution in [0.1, 0.15) is 31.4 Å². The van der Waals surface area contributed by atoms with Gasteiger partial charge in [0.1, 0.15) is 11.3 Å². The fraction of sp³-hybridized carbons (Fsp3) is 0.368. The van der Waals surface area contributed by atoms with Crippen molar-refractivity contribution in [2.45, 2.75) is 44.8 Å². The second-order valence-corrected chi connectivity index (χ2v) is 6.70. The standard InChI is InChI=1S/C19H22N6O/c1-12-6-7-23-19(24-12)25-14-2-4-15(5-3-14)26-17-11-13(20)10-16-18(17)22-9-8-21-16/h6-11,14-15H,2-5,20H2,1H3,(H,23,24,25). The molecule has 2 heterocycles. The number of nitrogen functional groups attached to an aromatic ring is 1. The van der Waals surface area contributed by atoms with Gasteiger partial charge in [-0.05, 0) is 44.7 Å². The van der Waals surface area contributed by atoms with E-state index in [1.54, 1.807) is 18.6 Å². The molecule has 1 aliphatic rings. The molecule has 3 aromatic rings. The Balaban J connectivity index is 1.40. The maximum absolute atomic E-state index is 6.23. The number of nitrogens with one attached hydrogen (secondary N) is 1. The first-order valence-electron chi connectivity index (χ1n) is 8.90. The zero-order chi connectivity index (χ0) is 17.9. The van der Waals surface area contributed by atoms with Gasteiger partial charge in [-0.1, -0.05) is 0 Å². The summed E-state index contributed by atoms with van der Waals surface area (Å²) < 4.78 is 6.23. The van der Waals surface area contributed by atoms with E-state index in [0.29, 0.717) is 23.4 Å². The third-order valence-corrected chi connectivity index (χ3v) is 4.66. The minimum Gasteiger partial charge on any atom is -0.488 e. The van der Waals surface area contributed by atoms with E-state index < -0.39 is 0 Å². The SMILES string of the molecule is Cc1ccnc(NC2CCC(Oc3cc(N)cc4nccnc34)CC2)n1. The first kappa shape index (κ1) is 16.5. The molecule has 2 aromatic heterocycles. The molecule has 26 heavy (non-hydrogen) atoms. The molecule has 0 amide bonds. The number of rotatable bonds is 4. The minimum atomic E-state index is 0.151. The van der Waals surface area contributed by atoms with Crippen LogP contribution in [0.5, 0.6) is 5.75 Å². The van der Waals surface area contributed by atoms with E-state index in [-0.39, 0.29) is 6.10 Å². The van der Waals surface area contributed by atoms with Gasteiger partial charge in [0.15, 0.2) is 0 Å². The zero-order valence-corrected chi connectivity index (χ0v) is 14.7. The average Bonchev–Trinajstić information content (AvgIpc) is 2.63. The Bertz CT molecular complexity index is 907. The lowest BCUT2D eigenvalue weighted by Crippen LogP contribution is -2.31. The third kappa shape index (κ3) is 3.66. The lowest BCUT2D eigenvalue weighted by Gasteiger charge is -2.29. The predicted octanol–water partition coefficient (Wildman–Crippen LogP) is 3.11. The fourth-order valence-electron chi connectivity index (χ4n) is 3.36. The van der Waals surface area contributed by atoms with Crippen molar-refractivity contribution in [3.05, 3.63) is 42.5 Å². The molecule has 1 saturated carbocycles. The summed E-state index contributed by atoms with van der Waals surface area (Å²) in [5.41, 5.74) is 9.10. The normalized spacial score (nSPS) is 20.0. The van der Waals surface area contributed by atoms with Crippen LogP contribution in [0.4, 0.5) is 11.6 Å². The van der Waals surface area contributed by atoms with Crippen LogP contribution in [-0.4, -0.2) is 32.1 Å². The summed E-state index contributed by atoms with van der Waals surface area (Å²) in [6.07, 6.45) is 9.20. The van der Waals surface area contributed by atoms with Gasteiger partial charge in [-0.25, -0.2) is 15.0 Å². The average molecular weight is 350 g/mol. The van der Waals surface area contributed by atoms with Crippen LogP contribution in [0, 0.1) is 6.92 Å². The Hall–Kier alpha value is -2.96. The third-order valence-electron chi connectivity index (χ3n) is 4.66. The molecule has 0 spiro atoms. The number of fused-ring (bicyclic) bond motifs is 1. The molecule has 7 nitrogen and oxygen atoms in total. The van der Waals surface area contributed by atoms with Crippen LogP contribution >= 0.6 is 0 Å². The van der Waals surface area contributed by atoms with E-state index >= 15 is 0 Å². The molecule has 4 rings (SSSR count). The number of aryl methyl sites for hydroxylation is 1. The first-order valence-corrected chi connectivity index (χ1v) is 8.90. The molecule has 0 unspecified atom stereocenters. The first-order chi connectivity index (χ1) is 12.7. The van der Waals surface area contributed by atoms with Crippen LogP contribution in [0.25, 0.3) is 11.0 Å². The molecule has 1 aromatic carbocycles. The number of aromatic nitrogens is 4. The highest BCUT2D eigenvalue weighted by atomic mass is 16.5. The summed E-state index contributed by atoms with van der Waals surface area (Å²) in [6, 6.07) is 5.92. The van der Waals surface area contributed by atoms with Gasteiger partial charge >= 0.3 is 0 Å². The van der Waals surface area contributed by atoms with E-state index in [1.807, 2.05) is 25.1 Å². The molecule has 0 bridgehead atoms. The quantitative estimate of drug-likeness (QED) is 0.697. The van der Waals surface area contributed by atoms with Crippen molar-refractivity contribution in [1.29, 1.82) is 0 Å². The number of hydrogen-bond donors (Lipinski definition) is 2. The van der Waals surface area contributed by atoms with Gasteiger partial charge in [0.05, 0.1) is 11.6 Å². The highest BCUT2D eigenvalue weighted by molar-refractivity contribution is 5.84. The van der Waals surface area contributed by atoms with Gasteiger partial charge in [0.2, 0.25) is 5.95 Å². The van der Waals surface area contributed by atoms with E-state index in [4.69, 9.17) is 10.5 Å². The monoisotopic (exact) mass is 350 g/mol. The van der Waals surface area contributed by atoms with Crippen molar-refractivity contribution in [3.8, 4) is 5.75 Å². The van der Waals surface area contributed by atoms with Gasteiger partial charge in [0, 0.05) is 42.1 Å². The minimum absolute atomic E-state index is 0.151. The molecular formula is C19H22N6O. The molecule has 0 atom stereocenters. The summed E-state index contributed by atoms with van der Waals surface area (Å²) in [4.78, 5) is 17.4. The Kier molecular flexibility index (Phi) is 4.51. The van der Waals surface area contributed by atoms with Crippen LogP contribution in [0.15, 0.2) is 36.8 Å². The van der Waals surface area contributed by atoms with Crippen molar-refractivity contribution in [3.63, 3.8) is 0 Å². The summed E-state index contributed by atoms with van der Waals surface area (Å²) in [5.74, 6) is 1.41. The van der Waals surface area contributed by atoms with Crippen LogP contribution in [0.2, 0.25) is 0 Å². The highest BCUT2D eigenvalue weighted by Gasteiger charge is 2.24. The summed E-state index contributed by atoms with van der Waals surface area (Å²) >= 11 is 0. The van der Waals surface area contributed by atoms with Gasteiger partial charge in [-0.2, -0.15) is 0 Å². The van der Waals surface area contributed by atoms with Crippen molar-refractivity contribution < 1.29 is 4.74 Å². The van der Waals surface area contributed by atoms with Crippen molar-refractivity contribution in [2.75, 3.05) is 11.1 Å². The molecule has 1 aliphatic carbocycles. The summed E-state index contributed by atoms with van der Waals surface area (Å²) in [6.45, 7) is 1.97. The molecule has 1 fully saturated rings. The Labute approximate surface area is 152 Å². The number of nitrogens with zero attached hydrogens (tertiary/aromatic N) is 4. The molecule has 134 valence electrons. The highest BCUT2D eigenvalue weighted by Crippen LogP contribution is 2.30. The number of ether oxygens (including phenoxy) is 1. The second-order valence-electron chi connectivity index (χ2n) is 6.70. The molecule has 0 saturated heterocycles. The maximum Gasteiger partial charge on any atom is 0.223 e. The summed E-state index contributed by atoms with van der Waals surface area (Å²) in [7, 11) is 0. The second kappa shape index (κ2) is 7.11. The van der Waals surface area contributed by atoms with Gasteiger partial charge < -0.3 is 15.8 Å². The van der Waals surface area contributed by atoms with Gasteiger partial charge in [-0.3, -0.25) is 4.98 Å². The largest absolute Gasteiger partial charge is 0.488 e. The molecular weight excluding hydrogens is 328 g/mol. The maximum atomic E-state index is 6.23. The zero-order valence-electron chi connectivity index (χ0n) is 14.7. The van der Waals surface area contributed by atoms with Gasteiger partial charge in [-0.15, -0.1) is 0 Å². The van der Waals surface area contributed by atoms with E-state index in [1.165, 1.54) is 0 Å². The topological polar surface area (TPSA) is 98.8 Å². The lowest BCUT2D eigenvalue weighted by atomic mass is 9.93. The number of anilines is 2. The number of hydrogen-bond acceptors (Lipinski definition) is 7. The predicted molar refractivity (Wildman–Crippen MR) is 101 cm³/mol. The number of nitrogens with two attached hydrogens (primary N) is 1. The Morgan fingerprint density at radius 1 is 1.04 bits per heavy atom. The Morgan fingerprint density at radius 2 is 1.85 bits per heavy atom. The van der Waals surface area contributed by atoms with Crippen molar-refractivity contribution >= 4 is 22.7 Å². The molecule has 3 N–H and O–H groups in total. The van der Waals surface area contributed by atoms with Gasteiger partial charge in [0.25, 0.3) is 0 Å². The lowest BCUT2D eigenvalue weighted by molar-refractivity contribution is 0.152. The Morgan fingerprint density at radius 3 is 2.65 bits per heavy atom. The van der Waals surface area contributed by atoms with Crippen LogP contribution in [-0.2, 0) is 0 Å². The molecule has 0 radical (unpaired) electrons. The van der Waals surface area contributed by atoms with E-state index in [0.717, 1.165) is 42.4 Å². The smallest absolute Gasteiger partial charge is 0.223 e. The number of benzene rings is 1. The molecule has 7 heteroatoms. The van der Waals surface area contributed by atoms with E-state index in [9.17, 15) is 0 Å². The fourth-order valence-corrected chi connectivity index (χ4v) is 3.36. The summed E-state index contributed by atoms with van der Waals surface area (Å²) in [5, 5.41) is 3.42. The van der Waals surface area contributed by atoms with Crippen molar-refractivity contribution in [1.82, 2.24) is 19.9 Å². The van der Waals surface area contributed by atoms with Crippen molar-refractivity contribution in [2.24, 2.45) is 0 Å². The van der Waals surface area contributed by atoms with E-state index in [2.05, 4.69) is 25.3 Å².